The standard InChI is InChI=1S/C9H10O4.C8H8N4/c1-9(8(12)13)4-2-3-6(5-9)7(10)11;9-7-4-11-12(6-7)8-2-1-3-10-5-8/h2-4H,5H2,1H3,(H,10,11)(H,12,13);1-6H,9H2. The Morgan fingerprint density at radius 1 is 1.32 bits per heavy atom. The van der Waals surface area contributed by atoms with Crippen LogP contribution in [0.3, 0.4) is 0 Å². The van der Waals surface area contributed by atoms with E-state index in [0.717, 1.165) is 5.69 Å². The molecule has 2 aromatic heterocycles. The van der Waals surface area contributed by atoms with Crippen molar-refractivity contribution in [1.82, 2.24) is 14.8 Å². The highest BCUT2D eigenvalue weighted by Crippen LogP contribution is 2.31. The van der Waals surface area contributed by atoms with Gasteiger partial charge in [0.1, 0.15) is 0 Å². The highest BCUT2D eigenvalue weighted by Gasteiger charge is 2.34. The molecule has 0 fully saturated rings. The number of nitrogens with two attached hydrogens (primary N) is 1. The molecule has 130 valence electrons. The highest BCUT2D eigenvalue weighted by atomic mass is 16.4. The maximum atomic E-state index is 10.8. The van der Waals surface area contributed by atoms with E-state index in [2.05, 4.69) is 10.1 Å². The van der Waals surface area contributed by atoms with Crippen LogP contribution in [-0.2, 0) is 9.59 Å². The Labute approximate surface area is 143 Å². The lowest BCUT2D eigenvalue weighted by molar-refractivity contribution is -0.145. The zero-order chi connectivity index (χ0) is 18.4. The van der Waals surface area contributed by atoms with E-state index in [4.69, 9.17) is 15.9 Å². The number of hydrogen-bond donors (Lipinski definition) is 3. The Morgan fingerprint density at radius 2 is 2.08 bits per heavy atom. The first-order valence-corrected chi connectivity index (χ1v) is 7.37. The smallest absolute Gasteiger partial charge is 0.331 e. The summed E-state index contributed by atoms with van der Waals surface area (Å²) in [4.78, 5) is 25.3. The van der Waals surface area contributed by atoms with E-state index in [1.165, 1.54) is 25.2 Å². The van der Waals surface area contributed by atoms with E-state index in [9.17, 15) is 9.59 Å². The number of carboxylic acid groups (broad SMARTS) is 2. The Kier molecular flexibility index (Phi) is 5.33. The number of carbonyl (C=O) groups is 2. The molecule has 0 aliphatic heterocycles. The monoisotopic (exact) mass is 342 g/mol. The van der Waals surface area contributed by atoms with Crippen LogP contribution in [0.1, 0.15) is 13.3 Å². The third kappa shape index (κ3) is 4.54. The van der Waals surface area contributed by atoms with Crippen molar-refractivity contribution in [2.24, 2.45) is 5.41 Å². The van der Waals surface area contributed by atoms with E-state index < -0.39 is 17.4 Å². The normalized spacial score (nSPS) is 18.7. The summed E-state index contributed by atoms with van der Waals surface area (Å²) in [6.07, 6.45) is 11.2. The first kappa shape index (κ1) is 17.9. The summed E-state index contributed by atoms with van der Waals surface area (Å²) in [5.41, 5.74) is 6.13. The largest absolute Gasteiger partial charge is 0.481 e. The van der Waals surface area contributed by atoms with Crippen molar-refractivity contribution in [2.45, 2.75) is 13.3 Å². The zero-order valence-corrected chi connectivity index (χ0v) is 13.5. The molecule has 0 radical (unpaired) electrons. The molecule has 1 aliphatic carbocycles. The van der Waals surface area contributed by atoms with Gasteiger partial charge < -0.3 is 15.9 Å². The van der Waals surface area contributed by atoms with Gasteiger partial charge in [0.05, 0.1) is 35.4 Å². The van der Waals surface area contributed by atoms with Crippen molar-refractivity contribution in [2.75, 3.05) is 5.73 Å². The van der Waals surface area contributed by atoms with E-state index >= 15 is 0 Å². The fourth-order valence-corrected chi connectivity index (χ4v) is 2.15. The SMILES string of the molecule is CC1(C(=O)O)C=CC=C(C(=O)O)C1.Nc1cnn(-c2cccnc2)c1. The lowest BCUT2D eigenvalue weighted by Gasteiger charge is -2.23. The van der Waals surface area contributed by atoms with Crippen molar-refractivity contribution < 1.29 is 19.8 Å². The molecular weight excluding hydrogens is 324 g/mol. The predicted molar refractivity (Wildman–Crippen MR) is 91.0 cm³/mol. The van der Waals surface area contributed by atoms with Gasteiger partial charge >= 0.3 is 11.9 Å². The zero-order valence-electron chi connectivity index (χ0n) is 13.5. The van der Waals surface area contributed by atoms with Crippen LogP contribution in [0.15, 0.2) is 60.7 Å². The quantitative estimate of drug-likeness (QED) is 0.776. The molecule has 8 heteroatoms. The van der Waals surface area contributed by atoms with Gasteiger partial charge in [0.25, 0.3) is 0 Å². The van der Waals surface area contributed by atoms with Crippen molar-refractivity contribution in [3.8, 4) is 5.69 Å². The third-order valence-corrected chi connectivity index (χ3v) is 3.60. The van der Waals surface area contributed by atoms with Gasteiger partial charge in [-0.15, -0.1) is 0 Å². The Morgan fingerprint density at radius 3 is 2.60 bits per heavy atom. The average Bonchev–Trinajstić information content (AvgIpc) is 3.03. The number of anilines is 1. The molecule has 0 bridgehead atoms. The number of rotatable bonds is 3. The number of hydrogen-bond acceptors (Lipinski definition) is 5. The number of pyridine rings is 1. The van der Waals surface area contributed by atoms with E-state index in [0.29, 0.717) is 5.69 Å². The molecule has 2 heterocycles. The summed E-state index contributed by atoms with van der Waals surface area (Å²) in [6.45, 7) is 1.50. The average molecular weight is 342 g/mol. The molecule has 0 saturated heterocycles. The number of allylic oxidation sites excluding steroid dienone is 2. The Hall–Kier alpha value is -3.42. The summed E-state index contributed by atoms with van der Waals surface area (Å²) in [7, 11) is 0. The molecule has 0 amide bonds. The molecular formula is C17H18N4O4. The molecule has 3 rings (SSSR count). The molecule has 0 saturated carbocycles. The lowest BCUT2D eigenvalue weighted by atomic mass is 9.80. The minimum absolute atomic E-state index is 0.0359. The number of carboxylic acids is 2. The first-order valence-electron chi connectivity index (χ1n) is 7.37. The Bertz CT molecular complexity index is 826. The van der Waals surface area contributed by atoms with Crippen LogP contribution in [0.5, 0.6) is 0 Å². The second-order valence-electron chi connectivity index (χ2n) is 5.69. The van der Waals surface area contributed by atoms with E-state index in [1.807, 2.05) is 12.1 Å². The number of nitrogen functional groups attached to an aromatic ring is 1. The topological polar surface area (TPSA) is 131 Å². The molecule has 1 aliphatic rings. The summed E-state index contributed by atoms with van der Waals surface area (Å²) >= 11 is 0. The third-order valence-electron chi connectivity index (χ3n) is 3.60. The number of nitrogens with zero attached hydrogens (tertiary/aromatic N) is 3. The maximum Gasteiger partial charge on any atom is 0.331 e. The minimum atomic E-state index is -1.08. The van der Waals surface area contributed by atoms with Crippen molar-refractivity contribution in [3.63, 3.8) is 0 Å². The van der Waals surface area contributed by atoms with Crippen LogP contribution < -0.4 is 5.73 Å². The van der Waals surface area contributed by atoms with Crippen molar-refractivity contribution in [1.29, 1.82) is 0 Å². The molecule has 25 heavy (non-hydrogen) atoms. The van der Waals surface area contributed by atoms with E-state index in [1.54, 1.807) is 29.5 Å². The number of aromatic nitrogens is 3. The second-order valence-corrected chi connectivity index (χ2v) is 5.69. The van der Waals surface area contributed by atoms with Crippen molar-refractivity contribution >= 4 is 17.6 Å². The van der Waals surface area contributed by atoms with Gasteiger partial charge in [-0.25, -0.2) is 9.48 Å². The molecule has 0 aromatic carbocycles. The van der Waals surface area contributed by atoms with Gasteiger partial charge in [0.15, 0.2) is 0 Å². The van der Waals surface area contributed by atoms with Gasteiger partial charge in [-0.3, -0.25) is 9.78 Å². The van der Waals surface area contributed by atoms with Gasteiger partial charge in [0.2, 0.25) is 0 Å². The van der Waals surface area contributed by atoms with Gasteiger partial charge in [-0.2, -0.15) is 5.10 Å². The van der Waals surface area contributed by atoms with Crippen LogP contribution >= 0.6 is 0 Å². The number of aliphatic carboxylic acids is 2. The predicted octanol–water partition coefficient (Wildman–Crippen LogP) is 1.90. The van der Waals surface area contributed by atoms with Crippen LogP contribution in [0.4, 0.5) is 5.69 Å². The van der Waals surface area contributed by atoms with Crippen LogP contribution in [0.2, 0.25) is 0 Å². The molecule has 4 N–H and O–H groups in total. The summed E-state index contributed by atoms with van der Waals surface area (Å²) in [5, 5.41) is 21.5. The molecule has 1 atom stereocenters. The fourth-order valence-electron chi connectivity index (χ4n) is 2.15. The molecule has 0 spiro atoms. The minimum Gasteiger partial charge on any atom is -0.481 e. The molecule has 2 aromatic rings. The van der Waals surface area contributed by atoms with Crippen LogP contribution in [-0.4, -0.2) is 36.9 Å². The van der Waals surface area contributed by atoms with Gasteiger partial charge in [0, 0.05) is 11.8 Å². The fraction of sp³-hybridized carbons (Fsp3) is 0.176. The van der Waals surface area contributed by atoms with Crippen LogP contribution in [0, 0.1) is 5.41 Å². The highest BCUT2D eigenvalue weighted by molar-refractivity contribution is 5.90. The lowest BCUT2D eigenvalue weighted by Crippen LogP contribution is -2.28. The van der Waals surface area contributed by atoms with Crippen LogP contribution in [0.25, 0.3) is 5.69 Å². The second kappa shape index (κ2) is 7.43. The van der Waals surface area contributed by atoms with Gasteiger partial charge in [-0.1, -0.05) is 18.2 Å². The molecule has 1 unspecified atom stereocenters. The van der Waals surface area contributed by atoms with Crippen molar-refractivity contribution in [3.05, 3.63) is 60.7 Å². The summed E-state index contributed by atoms with van der Waals surface area (Å²) < 4.78 is 1.68. The summed E-state index contributed by atoms with van der Waals surface area (Å²) in [6, 6.07) is 3.77. The molecule has 8 nitrogen and oxygen atoms in total. The maximum absolute atomic E-state index is 10.8. The van der Waals surface area contributed by atoms with Gasteiger partial charge in [-0.05, 0) is 25.5 Å². The summed E-state index contributed by atoms with van der Waals surface area (Å²) in [5.74, 6) is -2.06. The first-order chi connectivity index (χ1) is 11.8. The Balaban J connectivity index is 0.000000181. The van der Waals surface area contributed by atoms with E-state index in [-0.39, 0.29) is 12.0 Å².